The van der Waals surface area contributed by atoms with Crippen LogP contribution in [0, 0.1) is 0 Å². The van der Waals surface area contributed by atoms with Crippen molar-refractivity contribution in [3.63, 3.8) is 0 Å². The topological polar surface area (TPSA) is 9.23 Å². The first kappa shape index (κ1) is 15.1. The normalized spacial score (nSPS) is 12.3. The molecule has 0 radical (unpaired) electrons. The lowest BCUT2D eigenvalue weighted by Crippen LogP contribution is -2.33. The lowest BCUT2D eigenvalue weighted by molar-refractivity contribution is -0.148. The Bertz CT molecular complexity index is 407. The number of alkyl halides is 4. The SMILES string of the molecule is CC(C)c1ccc(OCC(F)(F)C(F)F)c(Cl)c1. The molecule has 0 saturated heterocycles. The van der Waals surface area contributed by atoms with Gasteiger partial charge in [0.05, 0.1) is 5.02 Å². The van der Waals surface area contributed by atoms with Crippen molar-refractivity contribution in [2.45, 2.75) is 32.1 Å². The molecule has 0 aliphatic carbocycles. The van der Waals surface area contributed by atoms with Gasteiger partial charge in [-0.2, -0.15) is 8.78 Å². The Labute approximate surface area is 108 Å². The van der Waals surface area contributed by atoms with Crippen molar-refractivity contribution < 1.29 is 22.3 Å². The van der Waals surface area contributed by atoms with Gasteiger partial charge in [0.15, 0.2) is 6.61 Å². The van der Waals surface area contributed by atoms with Crippen LogP contribution in [0.1, 0.15) is 25.3 Å². The molecule has 1 rings (SSSR count). The molecule has 0 heterocycles. The molecule has 0 unspecified atom stereocenters. The molecule has 0 fully saturated rings. The highest BCUT2D eigenvalue weighted by atomic mass is 35.5. The minimum Gasteiger partial charge on any atom is -0.486 e. The first-order valence-electron chi connectivity index (χ1n) is 5.32. The Morgan fingerprint density at radius 1 is 1.28 bits per heavy atom. The minimum absolute atomic E-state index is 0.0265. The van der Waals surface area contributed by atoms with E-state index in [1.165, 1.54) is 6.07 Å². The number of ether oxygens (including phenoxy) is 1. The second kappa shape index (κ2) is 5.78. The van der Waals surface area contributed by atoms with E-state index >= 15 is 0 Å². The lowest BCUT2D eigenvalue weighted by Gasteiger charge is -2.17. The minimum atomic E-state index is -4.18. The fourth-order valence-corrected chi connectivity index (χ4v) is 1.47. The van der Waals surface area contributed by atoms with Crippen molar-refractivity contribution in [1.82, 2.24) is 0 Å². The van der Waals surface area contributed by atoms with E-state index in [9.17, 15) is 17.6 Å². The van der Waals surface area contributed by atoms with Gasteiger partial charge >= 0.3 is 12.3 Å². The zero-order chi connectivity index (χ0) is 13.9. The predicted octanol–water partition coefficient (Wildman–Crippen LogP) is 4.74. The summed E-state index contributed by atoms with van der Waals surface area (Å²) >= 11 is 5.82. The number of benzene rings is 1. The summed E-state index contributed by atoms with van der Waals surface area (Å²) in [4.78, 5) is 0. The smallest absolute Gasteiger partial charge is 0.340 e. The van der Waals surface area contributed by atoms with Crippen LogP contribution < -0.4 is 4.74 Å². The summed E-state index contributed by atoms with van der Waals surface area (Å²) in [7, 11) is 0. The number of halogens is 5. The second-order valence-electron chi connectivity index (χ2n) is 4.19. The van der Waals surface area contributed by atoms with Crippen LogP contribution >= 0.6 is 11.6 Å². The highest BCUT2D eigenvalue weighted by Crippen LogP contribution is 2.30. The van der Waals surface area contributed by atoms with Crippen molar-refractivity contribution in [3.05, 3.63) is 28.8 Å². The summed E-state index contributed by atoms with van der Waals surface area (Å²) in [5.41, 5.74) is 0.910. The van der Waals surface area contributed by atoms with Crippen LogP contribution in [-0.4, -0.2) is 19.0 Å². The van der Waals surface area contributed by atoms with Gasteiger partial charge in [0, 0.05) is 0 Å². The third kappa shape index (κ3) is 3.77. The van der Waals surface area contributed by atoms with Crippen LogP contribution in [0.5, 0.6) is 5.75 Å². The van der Waals surface area contributed by atoms with E-state index in [2.05, 4.69) is 4.74 Å². The van der Waals surface area contributed by atoms with E-state index in [-0.39, 0.29) is 16.7 Å². The second-order valence-corrected chi connectivity index (χ2v) is 4.60. The van der Waals surface area contributed by atoms with Gasteiger partial charge in [-0.15, -0.1) is 0 Å². The van der Waals surface area contributed by atoms with Crippen LogP contribution in [0.15, 0.2) is 18.2 Å². The highest BCUT2D eigenvalue weighted by molar-refractivity contribution is 6.32. The number of hydrogen-bond acceptors (Lipinski definition) is 1. The van der Waals surface area contributed by atoms with Crippen LogP contribution in [0.3, 0.4) is 0 Å². The summed E-state index contributed by atoms with van der Waals surface area (Å²) in [6, 6.07) is 4.63. The Balaban J connectivity index is 2.75. The molecule has 102 valence electrons. The molecule has 0 atom stereocenters. The standard InChI is InChI=1S/C12H13ClF4O/c1-7(2)8-3-4-10(9(13)5-8)18-6-12(16,17)11(14)15/h3-5,7,11H,6H2,1-2H3. The van der Waals surface area contributed by atoms with Crippen molar-refractivity contribution in [3.8, 4) is 5.75 Å². The molecule has 1 aromatic rings. The zero-order valence-electron chi connectivity index (χ0n) is 9.89. The van der Waals surface area contributed by atoms with Crippen molar-refractivity contribution in [1.29, 1.82) is 0 Å². The van der Waals surface area contributed by atoms with Gasteiger partial charge in [-0.05, 0) is 23.6 Å². The monoisotopic (exact) mass is 284 g/mol. The van der Waals surface area contributed by atoms with E-state index in [0.717, 1.165) is 5.56 Å². The molecule has 1 nitrogen and oxygen atoms in total. The van der Waals surface area contributed by atoms with Crippen molar-refractivity contribution >= 4 is 11.6 Å². The molecule has 0 spiro atoms. The van der Waals surface area contributed by atoms with Gasteiger partial charge in [0.25, 0.3) is 0 Å². The molecular weight excluding hydrogens is 272 g/mol. The van der Waals surface area contributed by atoms with Crippen molar-refractivity contribution in [2.24, 2.45) is 0 Å². The molecular formula is C12H13ClF4O. The third-order valence-electron chi connectivity index (χ3n) is 2.36. The molecule has 6 heteroatoms. The van der Waals surface area contributed by atoms with Gasteiger partial charge in [0.2, 0.25) is 0 Å². The average Bonchev–Trinajstić information content (AvgIpc) is 2.26. The predicted molar refractivity (Wildman–Crippen MR) is 62.0 cm³/mol. The summed E-state index contributed by atoms with van der Waals surface area (Å²) in [6.45, 7) is 2.49. The van der Waals surface area contributed by atoms with Gasteiger partial charge in [-0.25, -0.2) is 8.78 Å². The first-order chi connectivity index (χ1) is 8.24. The Kier molecular flexibility index (Phi) is 4.85. The molecule has 0 bridgehead atoms. The molecule has 0 aliphatic rings. The third-order valence-corrected chi connectivity index (χ3v) is 2.66. The molecule has 0 N–H and O–H groups in total. The quantitative estimate of drug-likeness (QED) is 0.710. The lowest BCUT2D eigenvalue weighted by atomic mass is 10.0. The van der Waals surface area contributed by atoms with Crippen molar-refractivity contribution in [2.75, 3.05) is 6.61 Å². The fraction of sp³-hybridized carbons (Fsp3) is 0.500. The summed E-state index contributed by atoms with van der Waals surface area (Å²) in [6.07, 6.45) is -3.76. The van der Waals surface area contributed by atoms with Gasteiger partial charge in [-0.3, -0.25) is 0 Å². The van der Waals surface area contributed by atoms with Crippen LogP contribution in [-0.2, 0) is 0 Å². The summed E-state index contributed by atoms with van der Waals surface area (Å²) in [5.74, 6) is -3.99. The molecule has 18 heavy (non-hydrogen) atoms. The van der Waals surface area contributed by atoms with Crippen LogP contribution in [0.25, 0.3) is 0 Å². The maximum atomic E-state index is 12.7. The maximum Gasteiger partial charge on any atom is 0.340 e. The number of rotatable bonds is 5. The van der Waals surface area contributed by atoms with E-state index in [1.54, 1.807) is 12.1 Å². The average molecular weight is 285 g/mol. The zero-order valence-corrected chi connectivity index (χ0v) is 10.6. The summed E-state index contributed by atoms with van der Waals surface area (Å²) in [5, 5.41) is 0.131. The van der Waals surface area contributed by atoms with E-state index in [1.807, 2.05) is 13.8 Å². The Hall–Kier alpha value is -0.970. The van der Waals surface area contributed by atoms with Gasteiger partial charge in [-0.1, -0.05) is 31.5 Å². The fourth-order valence-electron chi connectivity index (χ4n) is 1.23. The largest absolute Gasteiger partial charge is 0.486 e. The van der Waals surface area contributed by atoms with E-state index in [4.69, 9.17) is 11.6 Å². The summed E-state index contributed by atoms with van der Waals surface area (Å²) < 4.78 is 53.8. The van der Waals surface area contributed by atoms with E-state index in [0.29, 0.717) is 0 Å². The Morgan fingerprint density at radius 2 is 1.89 bits per heavy atom. The molecule has 0 saturated carbocycles. The Morgan fingerprint density at radius 3 is 2.33 bits per heavy atom. The first-order valence-corrected chi connectivity index (χ1v) is 5.70. The van der Waals surface area contributed by atoms with E-state index < -0.39 is 19.0 Å². The molecule has 0 aliphatic heterocycles. The molecule has 0 aromatic heterocycles. The highest BCUT2D eigenvalue weighted by Gasteiger charge is 2.41. The number of hydrogen-bond donors (Lipinski definition) is 0. The maximum absolute atomic E-state index is 12.7. The van der Waals surface area contributed by atoms with Gasteiger partial charge in [0.1, 0.15) is 5.75 Å². The molecule has 0 amide bonds. The molecule has 1 aromatic carbocycles. The van der Waals surface area contributed by atoms with Gasteiger partial charge < -0.3 is 4.74 Å². The van der Waals surface area contributed by atoms with Crippen LogP contribution in [0.2, 0.25) is 5.02 Å². The van der Waals surface area contributed by atoms with Crippen LogP contribution in [0.4, 0.5) is 17.6 Å².